The summed E-state index contributed by atoms with van der Waals surface area (Å²) in [6, 6.07) is 38.5. The first kappa shape index (κ1) is 21.3. The maximum absolute atomic E-state index is 2.24. The highest BCUT2D eigenvalue weighted by Crippen LogP contribution is 2.30. The third kappa shape index (κ3) is 5.62. The molecule has 0 fully saturated rings. The van der Waals surface area contributed by atoms with Gasteiger partial charge >= 0.3 is 0 Å². The number of hydrogen-bond acceptors (Lipinski definition) is 0. The van der Waals surface area contributed by atoms with Crippen molar-refractivity contribution in [3.8, 4) is 0 Å². The Kier molecular flexibility index (Phi) is 6.94. The van der Waals surface area contributed by atoms with Gasteiger partial charge in [-0.05, 0) is 47.2 Å². The van der Waals surface area contributed by atoms with E-state index in [-0.39, 0.29) is 0 Å². The van der Waals surface area contributed by atoms with Crippen LogP contribution in [0.1, 0.15) is 33.4 Å². The summed E-state index contributed by atoms with van der Waals surface area (Å²) in [5, 5.41) is 0. The lowest BCUT2D eigenvalue weighted by atomic mass is 9.93. The molecule has 0 N–H and O–H groups in total. The molecule has 0 bridgehead atoms. The maximum Gasteiger partial charge on any atom is -0.0105 e. The normalized spacial score (nSPS) is 12.3. The molecule has 0 spiro atoms. The summed E-state index contributed by atoms with van der Waals surface area (Å²) in [5.41, 5.74) is 9.71. The highest BCUT2D eigenvalue weighted by molar-refractivity contribution is 6.02. The second kappa shape index (κ2) is 10.4. The fraction of sp³-hybridized carbons (Fsp3) is 0.0625. The molecule has 0 saturated heterocycles. The number of allylic oxidation sites excluding steroid dienone is 4. The van der Waals surface area contributed by atoms with Crippen molar-refractivity contribution in [3.05, 3.63) is 155 Å². The van der Waals surface area contributed by atoms with E-state index in [0.717, 1.165) is 0 Å². The molecule has 0 aliphatic heterocycles. The lowest BCUT2D eigenvalue weighted by molar-refractivity contribution is 1.46. The molecular formula is C32H28. The van der Waals surface area contributed by atoms with Gasteiger partial charge in [-0.25, -0.2) is 0 Å². The molecule has 0 nitrogen and oxygen atoms in total. The van der Waals surface area contributed by atoms with E-state index in [1.165, 1.54) is 44.5 Å². The standard InChI is InChI=1S/C32H28/c1-25-13-17-27(18-14-25)21-23-31(29-9-5-3-6-10-29)32(30-11-7-4-8-12-30)24-22-28-19-15-26(2)16-20-28/h3-24H,1-2H3/b23-21+,24-22+,32-31+. The van der Waals surface area contributed by atoms with Gasteiger partial charge in [-0.2, -0.15) is 0 Å². The van der Waals surface area contributed by atoms with Gasteiger partial charge in [0, 0.05) is 0 Å². The third-order valence-corrected chi connectivity index (χ3v) is 5.50. The van der Waals surface area contributed by atoms with Crippen LogP contribution in [0.3, 0.4) is 0 Å². The molecule has 0 amide bonds. The van der Waals surface area contributed by atoms with E-state index in [2.05, 4.69) is 147 Å². The van der Waals surface area contributed by atoms with Gasteiger partial charge in [0.25, 0.3) is 0 Å². The van der Waals surface area contributed by atoms with E-state index in [4.69, 9.17) is 0 Å². The summed E-state index contributed by atoms with van der Waals surface area (Å²) >= 11 is 0. The monoisotopic (exact) mass is 412 g/mol. The lowest BCUT2D eigenvalue weighted by Gasteiger charge is -2.11. The van der Waals surface area contributed by atoms with Crippen LogP contribution in [0, 0.1) is 13.8 Å². The Morgan fingerprint density at radius 1 is 0.438 bits per heavy atom. The topological polar surface area (TPSA) is 0 Å². The van der Waals surface area contributed by atoms with Crippen LogP contribution in [-0.2, 0) is 0 Å². The van der Waals surface area contributed by atoms with Crippen LogP contribution < -0.4 is 0 Å². The largest absolute Gasteiger partial charge is 0.0622 e. The van der Waals surface area contributed by atoms with E-state index >= 15 is 0 Å². The molecule has 32 heavy (non-hydrogen) atoms. The Morgan fingerprint density at radius 2 is 0.781 bits per heavy atom. The number of aryl methyl sites for hydroxylation is 2. The van der Waals surface area contributed by atoms with Gasteiger partial charge in [0.05, 0.1) is 0 Å². The summed E-state index contributed by atoms with van der Waals surface area (Å²) in [7, 11) is 0. The molecule has 4 aromatic rings. The zero-order valence-electron chi connectivity index (χ0n) is 18.7. The molecule has 0 radical (unpaired) electrons. The van der Waals surface area contributed by atoms with Gasteiger partial charge in [-0.15, -0.1) is 0 Å². The minimum atomic E-state index is 1.19. The van der Waals surface area contributed by atoms with Crippen molar-refractivity contribution >= 4 is 23.3 Å². The van der Waals surface area contributed by atoms with Crippen LogP contribution in [0.15, 0.2) is 121 Å². The van der Waals surface area contributed by atoms with Crippen LogP contribution in [0.4, 0.5) is 0 Å². The predicted octanol–water partition coefficient (Wildman–Crippen LogP) is 8.64. The first-order chi connectivity index (χ1) is 15.7. The zero-order chi connectivity index (χ0) is 22.2. The smallest absolute Gasteiger partial charge is 0.0105 e. The van der Waals surface area contributed by atoms with Crippen LogP contribution in [0.5, 0.6) is 0 Å². The van der Waals surface area contributed by atoms with E-state index in [9.17, 15) is 0 Å². The van der Waals surface area contributed by atoms with Gasteiger partial charge < -0.3 is 0 Å². The zero-order valence-corrected chi connectivity index (χ0v) is 18.7. The summed E-state index contributed by atoms with van der Waals surface area (Å²) in [5.74, 6) is 0. The Bertz CT molecular complexity index is 1120. The van der Waals surface area contributed by atoms with Crippen LogP contribution in [0.25, 0.3) is 23.3 Å². The minimum absolute atomic E-state index is 1.19. The molecule has 0 atom stereocenters. The van der Waals surface area contributed by atoms with Gasteiger partial charge in [-0.1, -0.05) is 145 Å². The summed E-state index contributed by atoms with van der Waals surface area (Å²) in [6.07, 6.45) is 8.87. The quantitative estimate of drug-likeness (QED) is 0.219. The fourth-order valence-corrected chi connectivity index (χ4v) is 3.63. The van der Waals surface area contributed by atoms with Crippen molar-refractivity contribution in [2.24, 2.45) is 0 Å². The van der Waals surface area contributed by atoms with Crippen molar-refractivity contribution in [1.29, 1.82) is 0 Å². The Morgan fingerprint density at radius 3 is 1.12 bits per heavy atom. The number of hydrogen-bond donors (Lipinski definition) is 0. The number of rotatable bonds is 6. The van der Waals surface area contributed by atoms with Crippen LogP contribution in [0.2, 0.25) is 0 Å². The number of benzene rings is 4. The molecule has 0 heterocycles. The van der Waals surface area contributed by atoms with E-state index < -0.39 is 0 Å². The molecule has 4 rings (SSSR count). The van der Waals surface area contributed by atoms with Gasteiger partial charge in [0.1, 0.15) is 0 Å². The van der Waals surface area contributed by atoms with Crippen molar-refractivity contribution in [1.82, 2.24) is 0 Å². The molecule has 4 aromatic carbocycles. The lowest BCUT2D eigenvalue weighted by Crippen LogP contribution is -1.89. The molecule has 0 aromatic heterocycles. The second-order valence-corrected chi connectivity index (χ2v) is 8.05. The van der Waals surface area contributed by atoms with Crippen molar-refractivity contribution in [2.45, 2.75) is 13.8 Å². The predicted molar refractivity (Wildman–Crippen MR) is 140 cm³/mol. The van der Waals surface area contributed by atoms with Gasteiger partial charge in [0.2, 0.25) is 0 Å². The van der Waals surface area contributed by atoms with Crippen molar-refractivity contribution in [3.63, 3.8) is 0 Å². The molecule has 0 aliphatic carbocycles. The first-order valence-electron chi connectivity index (χ1n) is 11.0. The first-order valence-corrected chi connectivity index (χ1v) is 11.0. The molecule has 0 saturated carbocycles. The highest BCUT2D eigenvalue weighted by atomic mass is 14.1. The summed E-state index contributed by atoms with van der Waals surface area (Å²) in [6.45, 7) is 4.23. The van der Waals surface area contributed by atoms with Gasteiger partial charge in [-0.3, -0.25) is 0 Å². The average molecular weight is 413 g/mol. The third-order valence-electron chi connectivity index (χ3n) is 5.50. The van der Waals surface area contributed by atoms with Crippen molar-refractivity contribution < 1.29 is 0 Å². The fourth-order valence-electron chi connectivity index (χ4n) is 3.63. The highest BCUT2D eigenvalue weighted by Gasteiger charge is 2.07. The van der Waals surface area contributed by atoms with Crippen LogP contribution in [-0.4, -0.2) is 0 Å². The molecule has 0 heteroatoms. The molecule has 0 aliphatic rings. The van der Waals surface area contributed by atoms with E-state index in [1.54, 1.807) is 0 Å². The van der Waals surface area contributed by atoms with Crippen molar-refractivity contribution in [2.75, 3.05) is 0 Å². The van der Waals surface area contributed by atoms with E-state index in [0.29, 0.717) is 0 Å². The maximum atomic E-state index is 2.24. The minimum Gasteiger partial charge on any atom is -0.0622 e. The molecule has 0 unspecified atom stereocenters. The van der Waals surface area contributed by atoms with E-state index in [1.807, 2.05) is 0 Å². The van der Waals surface area contributed by atoms with Gasteiger partial charge in [0.15, 0.2) is 0 Å². The molecule has 156 valence electrons. The second-order valence-electron chi connectivity index (χ2n) is 8.05. The Balaban J connectivity index is 1.86. The van der Waals surface area contributed by atoms with Crippen LogP contribution >= 0.6 is 0 Å². The SMILES string of the molecule is Cc1ccc(/C=C/C(=C(/C=C/c2ccc(C)cc2)c2ccccc2)c2ccccc2)cc1. The average Bonchev–Trinajstić information content (AvgIpc) is 2.84. The Labute approximate surface area is 191 Å². The summed E-state index contributed by atoms with van der Waals surface area (Å²) in [4.78, 5) is 0. The summed E-state index contributed by atoms with van der Waals surface area (Å²) < 4.78 is 0. The Hall–Kier alpha value is -3.90. The molecular weight excluding hydrogens is 384 g/mol.